The molecule has 1 atom stereocenters. The molecule has 0 radical (unpaired) electrons. The van der Waals surface area contributed by atoms with Gasteiger partial charge in [-0.2, -0.15) is 0 Å². The molecule has 3 rings (SSSR count). The Kier molecular flexibility index (Phi) is 5.98. The first-order valence-electron chi connectivity index (χ1n) is 8.80. The van der Waals surface area contributed by atoms with Gasteiger partial charge in [-0.05, 0) is 18.2 Å². The third-order valence-corrected chi connectivity index (χ3v) is 6.66. The molecule has 6 nitrogen and oxygen atoms in total. The van der Waals surface area contributed by atoms with Crippen molar-refractivity contribution in [3.05, 3.63) is 77.9 Å². The van der Waals surface area contributed by atoms with Crippen molar-refractivity contribution in [1.29, 1.82) is 0 Å². The standard InChI is InChI=1S/C22H22O6S/c1-26-15-13-19(27-2)21(20(14-15)28-3)22(17-11-7-8-12-18(17)23)29(24,25)16-9-5-4-6-10-16/h4-14,22-23H,1-3H3. The molecule has 0 saturated heterocycles. The lowest BCUT2D eigenvalue weighted by atomic mass is 10.0. The molecule has 7 heteroatoms. The molecule has 1 N–H and O–H groups in total. The van der Waals surface area contributed by atoms with Crippen molar-refractivity contribution in [2.75, 3.05) is 21.3 Å². The van der Waals surface area contributed by atoms with Gasteiger partial charge in [-0.15, -0.1) is 0 Å². The minimum atomic E-state index is -3.98. The number of para-hydroxylation sites is 1. The normalized spacial score (nSPS) is 12.2. The van der Waals surface area contributed by atoms with Gasteiger partial charge in [-0.3, -0.25) is 0 Å². The number of phenolic OH excluding ortho intramolecular Hbond substituents is 1. The Balaban J connectivity index is 2.39. The Bertz CT molecular complexity index is 1070. The second kappa shape index (κ2) is 8.45. The predicted molar refractivity (Wildman–Crippen MR) is 110 cm³/mol. The summed E-state index contributed by atoms with van der Waals surface area (Å²) < 4.78 is 43.7. The van der Waals surface area contributed by atoms with Gasteiger partial charge in [0.1, 0.15) is 28.2 Å². The van der Waals surface area contributed by atoms with Crippen LogP contribution in [0.3, 0.4) is 0 Å². The third kappa shape index (κ3) is 3.86. The average molecular weight is 414 g/mol. The summed E-state index contributed by atoms with van der Waals surface area (Å²) >= 11 is 0. The first kappa shape index (κ1) is 20.5. The minimum Gasteiger partial charge on any atom is -0.508 e. The van der Waals surface area contributed by atoms with E-state index in [0.717, 1.165) is 0 Å². The lowest BCUT2D eigenvalue weighted by molar-refractivity contribution is 0.368. The highest BCUT2D eigenvalue weighted by atomic mass is 32.2. The van der Waals surface area contributed by atoms with E-state index < -0.39 is 15.1 Å². The van der Waals surface area contributed by atoms with Crippen molar-refractivity contribution in [3.8, 4) is 23.0 Å². The number of hydrogen-bond acceptors (Lipinski definition) is 6. The number of rotatable bonds is 7. The summed E-state index contributed by atoms with van der Waals surface area (Å²) in [6.07, 6.45) is 0. The Morgan fingerprint density at radius 3 is 1.86 bits per heavy atom. The number of phenols is 1. The van der Waals surface area contributed by atoms with Gasteiger partial charge < -0.3 is 19.3 Å². The van der Waals surface area contributed by atoms with E-state index in [-0.39, 0.29) is 33.3 Å². The summed E-state index contributed by atoms with van der Waals surface area (Å²) in [5.74, 6) is 0.857. The van der Waals surface area contributed by atoms with E-state index in [1.807, 2.05) is 0 Å². The lowest BCUT2D eigenvalue weighted by Crippen LogP contribution is -2.17. The number of ether oxygens (including phenoxy) is 3. The van der Waals surface area contributed by atoms with Crippen LogP contribution >= 0.6 is 0 Å². The van der Waals surface area contributed by atoms with Crippen molar-refractivity contribution in [2.24, 2.45) is 0 Å². The molecule has 1 unspecified atom stereocenters. The predicted octanol–water partition coefficient (Wildman–Crippen LogP) is 3.98. The van der Waals surface area contributed by atoms with Crippen LogP contribution in [0, 0.1) is 0 Å². The van der Waals surface area contributed by atoms with E-state index in [2.05, 4.69) is 0 Å². The second-order valence-electron chi connectivity index (χ2n) is 6.24. The highest BCUT2D eigenvalue weighted by molar-refractivity contribution is 7.92. The molecule has 0 aromatic heterocycles. The molecule has 0 spiro atoms. The van der Waals surface area contributed by atoms with Crippen LogP contribution in [-0.4, -0.2) is 34.9 Å². The fraction of sp³-hybridized carbons (Fsp3) is 0.182. The first-order valence-corrected chi connectivity index (χ1v) is 10.4. The van der Waals surface area contributed by atoms with Crippen LogP contribution in [0.25, 0.3) is 0 Å². The average Bonchev–Trinajstić information content (AvgIpc) is 2.75. The molecule has 0 heterocycles. The summed E-state index contributed by atoms with van der Waals surface area (Å²) in [5.41, 5.74) is 0.499. The molecule has 3 aromatic rings. The fourth-order valence-electron chi connectivity index (χ4n) is 3.22. The summed E-state index contributed by atoms with van der Waals surface area (Å²) in [6, 6.07) is 17.6. The summed E-state index contributed by atoms with van der Waals surface area (Å²) in [6.45, 7) is 0. The smallest absolute Gasteiger partial charge is 0.189 e. The van der Waals surface area contributed by atoms with Gasteiger partial charge in [0.15, 0.2) is 9.84 Å². The Hall–Kier alpha value is -3.19. The van der Waals surface area contributed by atoms with Crippen LogP contribution in [0.5, 0.6) is 23.0 Å². The maximum Gasteiger partial charge on any atom is 0.189 e. The summed E-state index contributed by atoms with van der Waals surface area (Å²) in [7, 11) is 0.398. The van der Waals surface area contributed by atoms with Crippen molar-refractivity contribution in [2.45, 2.75) is 10.1 Å². The van der Waals surface area contributed by atoms with Crippen molar-refractivity contribution in [3.63, 3.8) is 0 Å². The molecule has 0 bridgehead atoms. The van der Waals surface area contributed by atoms with Crippen molar-refractivity contribution < 1.29 is 27.7 Å². The van der Waals surface area contributed by atoms with Gasteiger partial charge in [0, 0.05) is 17.7 Å². The molecule has 0 saturated carbocycles. The van der Waals surface area contributed by atoms with Gasteiger partial charge in [-0.1, -0.05) is 36.4 Å². The molecule has 29 heavy (non-hydrogen) atoms. The summed E-state index contributed by atoms with van der Waals surface area (Å²) in [4.78, 5) is 0.119. The molecular weight excluding hydrogens is 392 g/mol. The largest absolute Gasteiger partial charge is 0.508 e. The van der Waals surface area contributed by atoms with Crippen LogP contribution in [0.15, 0.2) is 71.6 Å². The zero-order valence-electron chi connectivity index (χ0n) is 16.3. The SMILES string of the molecule is COc1cc(OC)c(C(c2ccccc2O)S(=O)(=O)c2ccccc2)c(OC)c1. The zero-order chi connectivity index (χ0) is 21.0. The van der Waals surface area contributed by atoms with Crippen LogP contribution in [0.2, 0.25) is 0 Å². The van der Waals surface area contributed by atoms with Gasteiger partial charge in [0.2, 0.25) is 0 Å². The van der Waals surface area contributed by atoms with Crippen molar-refractivity contribution >= 4 is 9.84 Å². The van der Waals surface area contributed by atoms with Gasteiger partial charge in [0.05, 0.1) is 31.8 Å². The highest BCUT2D eigenvalue weighted by Crippen LogP contribution is 2.48. The number of benzene rings is 3. The van der Waals surface area contributed by atoms with E-state index in [0.29, 0.717) is 5.75 Å². The molecule has 0 aliphatic rings. The highest BCUT2D eigenvalue weighted by Gasteiger charge is 2.37. The van der Waals surface area contributed by atoms with Gasteiger partial charge in [-0.25, -0.2) is 8.42 Å². The molecule has 0 amide bonds. The Morgan fingerprint density at radius 1 is 0.793 bits per heavy atom. The van der Waals surface area contributed by atoms with Crippen LogP contribution in [0.4, 0.5) is 0 Å². The van der Waals surface area contributed by atoms with Crippen LogP contribution in [-0.2, 0) is 9.84 Å². The Morgan fingerprint density at radius 2 is 1.34 bits per heavy atom. The maximum atomic E-state index is 13.7. The monoisotopic (exact) mass is 414 g/mol. The number of sulfone groups is 1. The molecule has 0 aliphatic heterocycles. The topological polar surface area (TPSA) is 82.1 Å². The van der Waals surface area contributed by atoms with E-state index in [1.54, 1.807) is 48.5 Å². The van der Waals surface area contributed by atoms with E-state index in [9.17, 15) is 13.5 Å². The van der Waals surface area contributed by atoms with E-state index in [4.69, 9.17) is 14.2 Å². The molecule has 0 fully saturated rings. The van der Waals surface area contributed by atoms with E-state index >= 15 is 0 Å². The second-order valence-corrected chi connectivity index (χ2v) is 8.28. The quantitative estimate of drug-likeness (QED) is 0.630. The van der Waals surface area contributed by atoms with Gasteiger partial charge in [0.25, 0.3) is 0 Å². The number of hydrogen-bond donors (Lipinski definition) is 1. The third-order valence-electron chi connectivity index (χ3n) is 4.62. The molecule has 0 aliphatic carbocycles. The van der Waals surface area contributed by atoms with Crippen LogP contribution in [0.1, 0.15) is 16.4 Å². The lowest BCUT2D eigenvalue weighted by Gasteiger charge is -2.24. The minimum absolute atomic E-state index is 0.119. The zero-order valence-corrected chi connectivity index (χ0v) is 17.1. The first-order chi connectivity index (χ1) is 13.9. The fourth-order valence-corrected chi connectivity index (χ4v) is 5.11. The number of methoxy groups -OCH3 is 3. The van der Waals surface area contributed by atoms with Crippen molar-refractivity contribution in [1.82, 2.24) is 0 Å². The number of aromatic hydroxyl groups is 1. The molecule has 3 aromatic carbocycles. The summed E-state index contributed by atoms with van der Waals surface area (Å²) in [5, 5.41) is 9.25. The Labute approximate surface area is 170 Å². The van der Waals surface area contributed by atoms with E-state index in [1.165, 1.54) is 39.5 Å². The molecule has 152 valence electrons. The van der Waals surface area contributed by atoms with Crippen LogP contribution < -0.4 is 14.2 Å². The van der Waals surface area contributed by atoms with Gasteiger partial charge >= 0.3 is 0 Å². The molecular formula is C22H22O6S. The maximum absolute atomic E-state index is 13.7.